The first-order valence-electron chi connectivity index (χ1n) is 10.7. The van der Waals surface area contributed by atoms with E-state index in [9.17, 15) is 19.7 Å². The molecule has 0 saturated heterocycles. The van der Waals surface area contributed by atoms with Crippen LogP contribution < -0.4 is 5.32 Å². The number of benzene rings is 2. The van der Waals surface area contributed by atoms with Crippen molar-refractivity contribution < 1.29 is 14.5 Å². The number of carbonyl (C=O) groups excluding carboxylic acids is 2. The summed E-state index contributed by atoms with van der Waals surface area (Å²) in [5, 5.41) is 14.3. The Morgan fingerprint density at radius 1 is 1.10 bits per heavy atom. The summed E-state index contributed by atoms with van der Waals surface area (Å²) in [6.07, 6.45) is 2.14. The van der Waals surface area contributed by atoms with Crippen molar-refractivity contribution in [1.29, 1.82) is 0 Å². The van der Waals surface area contributed by atoms with Crippen LogP contribution in [0.25, 0.3) is 0 Å². The lowest BCUT2D eigenvalue weighted by atomic mass is 10.0. The van der Waals surface area contributed by atoms with Crippen LogP contribution in [0.5, 0.6) is 0 Å². The van der Waals surface area contributed by atoms with Gasteiger partial charge in [-0.3, -0.25) is 19.7 Å². The highest BCUT2D eigenvalue weighted by Gasteiger charge is 2.29. The summed E-state index contributed by atoms with van der Waals surface area (Å²) in [6, 6.07) is 13.4. The van der Waals surface area contributed by atoms with Crippen LogP contribution in [0.4, 0.5) is 5.69 Å². The quantitative estimate of drug-likeness (QED) is 0.332. The van der Waals surface area contributed by atoms with Gasteiger partial charge in [-0.1, -0.05) is 68.3 Å². The maximum Gasteiger partial charge on any atom is 0.273 e. The summed E-state index contributed by atoms with van der Waals surface area (Å²) in [5.74, 6) is -0.508. The second kappa shape index (κ2) is 11.8. The highest BCUT2D eigenvalue weighted by Crippen LogP contribution is 2.21. The Morgan fingerprint density at radius 3 is 2.39 bits per heavy atom. The molecule has 0 aliphatic heterocycles. The van der Waals surface area contributed by atoms with Gasteiger partial charge in [0, 0.05) is 24.7 Å². The Kier molecular flexibility index (Phi) is 9.18. The zero-order valence-electron chi connectivity index (χ0n) is 18.5. The molecule has 0 aromatic heterocycles. The van der Waals surface area contributed by atoms with Gasteiger partial charge in [0.2, 0.25) is 11.8 Å². The van der Waals surface area contributed by atoms with E-state index >= 15 is 0 Å². The van der Waals surface area contributed by atoms with Gasteiger partial charge in [-0.25, -0.2) is 0 Å². The van der Waals surface area contributed by atoms with Crippen LogP contribution in [0.15, 0.2) is 48.5 Å². The normalized spacial score (nSPS) is 11.6. The molecule has 0 radical (unpaired) electrons. The molecule has 0 aliphatic rings. The highest BCUT2D eigenvalue weighted by atomic mass is 16.6. The van der Waals surface area contributed by atoms with Crippen LogP contribution in [0.1, 0.15) is 49.8 Å². The molecule has 1 N–H and O–H groups in total. The SMILES string of the molecule is CCCCNC(=O)[C@@H](CC)N(Cc1ccc(C)cc1)C(=O)Cc1ccccc1[N+](=O)[O-]. The average molecular weight is 426 g/mol. The van der Waals surface area contributed by atoms with Crippen LogP contribution >= 0.6 is 0 Å². The first-order chi connectivity index (χ1) is 14.9. The summed E-state index contributed by atoms with van der Waals surface area (Å²) in [5.41, 5.74) is 2.26. The molecule has 2 rings (SSSR count). The number of carbonyl (C=O) groups is 2. The molecule has 7 heteroatoms. The minimum Gasteiger partial charge on any atom is -0.354 e. The smallest absolute Gasteiger partial charge is 0.273 e. The number of nitrogens with zero attached hydrogens (tertiary/aromatic N) is 2. The molecule has 7 nitrogen and oxygen atoms in total. The zero-order chi connectivity index (χ0) is 22.8. The van der Waals surface area contributed by atoms with E-state index < -0.39 is 11.0 Å². The second-order valence-corrected chi connectivity index (χ2v) is 7.64. The van der Waals surface area contributed by atoms with Crippen molar-refractivity contribution in [1.82, 2.24) is 10.2 Å². The molecule has 31 heavy (non-hydrogen) atoms. The van der Waals surface area contributed by atoms with Crippen molar-refractivity contribution in [2.45, 2.75) is 59.0 Å². The third-order valence-electron chi connectivity index (χ3n) is 5.22. The zero-order valence-corrected chi connectivity index (χ0v) is 18.5. The number of nitrogens with one attached hydrogen (secondary N) is 1. The van der Waals surface area contributed by atoms with E-state index in [2.05, 4.69) is 5.32 Å². The van der Waals surface area contributed by atoms with Crippen molar-refractivity contribution in [3.63, 3.8) is 0 Å². The van der Waals surface area contributed by atoms with Crippen LogP contribution in [0, 0.1) is 17.0 Å². The summed E-state index contributed by atoms with van der Waals surface area (Å²) in [4.78, 5) is 38.6. The molecular weight excluding hydrogens is 394 g/mol. The lowest BCUT2D eigenvalue weighted by Crippen LogP contribution is -2.49. The molecule has 0 aliphatic carbocycles. The van der Waals surface area contributed by atoms with Crippen molar-refractivity contribution in [3.8, 4) is 0 Å². The molecule has 0 saturated carbocycles. The van der Waals surface area contributed by atoms with Gasteiger partial charge in [-0.2, -0.15) is 0 Å². The Labute approximate surface area is 183 Å². The topological polar surface area (TPSA) is 92.6 Å². The monoisotopic (exact) mass is 425 g/mol. The van der Waals surface area contributed by atoms with Crippen LogP contribution in [-0.2, 0) is 22.6 Å². The predicted octanol–water partition coefficient (Wildman–Crippen LogP) is 4.17. The molecule has 1 atom stereocenters. The molecular formula is C24H31N3O4. The van der Waals surface area contributed by atoms with Gasteiger partial charge in [0.15, 0.2) is 0 Å². The second-order valence-electron chi connectivity index (χ2n) is 7.64. The number of para-hydroxylation sites is 1. The first-order valence-corrected chi connectivity index (χ1v) is 10.7. The standard InChI is InChI=1S/C24H31N3O4/c1-4-6-15-25-24(29)21(5-2)26(17-19-13-11-18(3)12-14-19)23(28)16-20-9-7-8-10-22(20)27(30)31/h7-14,21H,4-6,15-17H2,1-3H3,(H,25,29)/t21-/m1/s1. The lowest BCUT2D eigenvalue weighted by Gasteiger charge is -2.31. The first kappa shape index (κ1) is 24.1. The van der Waals surface area contributed by atoms with E-state index in [1.54, 1.807) is 23.1 Å². The number of hydrogen-bond acceptors (Lipinski definition) is 4. The lowest BCUT2D eigenvalue weighted by molar-refractivity contribution is -0.385. The van der Waals surface area contributed by atoms with Crippen molar-refractivity contribution in [3.05, 3.63) is 75.3 Å². The highest BCUT2D eigenvalue weighted by molar-refractivity contribution is 5.88. The predicted molar refractivity (Wildman–Crippen MR) is 121 cm³/mol. The van der Waals surface area contributed by atoms with Gasteiger partial charge in [-0.05, 0) is 25.3 Å². The van der Waals surface area contributed by atoms with Crippen LogP contribution in [0.3, 0.4) is 0 Å². The van der Waals surface area contributed by atoms with Gasteiger partial charge in [0.1, 0.15) is 6.04 Å². The molecule has 2 aromatic rings. The molecule has 166 valence electrons. The number of amides is 2. The summed E-state index contributed by atoms with van der Waals surface area (Å²) < 4.78 is 0. The Hall–Kier alpha value is -3.22. The van der Waals surface area contributed by atoms with Crippen molar-refractivity contribution in [2.75, 3.05) is 6.54 Å². The number of nitro benzene ring substituents is 1. The van der Waals surface area contributed by atoms with E-state index in [1.807, 2.05) is 45.0 Å². The van der Waals surface area contributed by atoms with Crippen molar-refractivity contribution in [2.24, 2.45) is 0 Å². The van der Waals surface area contributed by atoms with Gasteiger partial charge >= 0.3 is 0 Å². The fourth-order valence-corrected chi connectivity index (χ4v) is 3.42. The molecule has 2 aromatic carbocycles. The van der Waals surface area contributed by atoms with Crippen LogP contribution in [-0.4, -0.2) is 34.2 Å². The number of hydrogen-bond donors (Lipinski definition) is 1. The number of nitro groups is 1. The minimum absolute atomic E-state index is 0.0911. The van der Waals surface area contributed by atoms with E-state index in [0.29, 0.717) is 18.5 Å². The third-order valence-corrected chi connectivity index (χ3v) is 5.22. The van der Waals surface area contributed by atoms with Gasteiger partial charge in [0.05, 0.1) is 11.3 Å². The van der Waals surface area contributed by atoms with E-state index in [0.717, 1.165) is 24.0 Å². The molecule has 0 fully saturated rings. The van der Waals surface area contributed by atoms with Crippen LogP contribution in [0.2, 0.25) is 0 Å². The van der Waals surface area contributed by atoms with Gasteiger partial charge in [0.25, 0.3) is 5.69 Å². The fraction of sp³-hybridized carbons (Fsp3) is 0.417. The number of unbranched alkanes of at least 4 members (excludes halogenated alkanes) is 1. The largest absolute Gasteiger partial charge is 0.354 e. The van der Waals surface area contributed by atoms with E-state index in [-0.39, 0.29) is 30.5 Å². The van der Waals surface area contributed by atoms with Gasteiger partial charge in [-0.15, -0.1) is 0 Å². The Bertz CT molecular complexity index is 896. The van der Waals surface area contributed by atoms with Crippen molar-refractivity contribution >= 4 is 17.5 Å². The fourth-order valence-electron chi connectivity index (χ4n) is 3.42. The molecule has 0 bridgehead atoms. The maximum absolute atomic E-state index is 13.3. The Morgan fingerprint density at radius 2 is 1.77 bits per heavy atom. The minimum atomic E-state index is -0.645. The average Bonchev–Trinajstić information content (AvgIpc) is 2.75. The van der Waals surface area contributed by atoms with Gasteiger partial charge < -0.3 is 10.2 Å². The maximum atomic E-state index is 13.3. The molecule has 0 spiro atoms. The number of rotatable bonds is 11. The molecule has 2 amide bonds. The summed E-state index contributed by atoms with van der Waals surface area (Å²) in [7, 11) is 0. The summed E-state index contributed by atoms with van der Waals surface area (Å²) in [6.45, 7) is 6.72. The molecule has 0 heterocycles. The molecule has 0 unspecified atom stereocenters. The Balaban J connectivity index is 2.31. The van der Waals surface area contributed by atoms with E-state index in [1.165, 1.54) is 6.07 Å². The third kappa shape index (κ3) is 6.91. The summed E-state index contributed by atoms with van der Waals surface area (Å²) >= 11 is 0. The van der Waals surface area contributed by atoms with E-state index in [4.69, 9.17) is 0 Å². The number of aryl methyl sites for hydroxylation is 1.